The Balaban J connectivity index is 2.14. The van der Waals surface area contributed by atoms with Gasteiger partial charge in [0.15, 0.2) is 0 Å². The number of nitrogens with one attached hydrogen (secondary N) is 1. The van der Waals surface area contributed by atoms with Gasteiger partial charge in [-0.3, -0.25) is 0 Å². The molecule has 5 heteroatoms. The molecule has 2 aromatic rings. The lowest BCUT2D eigenvalue weighted by Gasteiger charge is -2.12. The van der Waals surface area contributed by atoms with Gasteiger partial charge in [0.05, 0.1) is 5.02 Å². The first kappa shape index (κ1) is 15.3. The molecule has 0 unspecified atom stereocenters. The minimum absolute atomic E-state index is 0.632. The summed E-state index contributed by atoms with van der Waals surface area (Å²) >= 11 is 7.91. The zero-order valence-corrected chi connectivity index (χ0v) is 13.2. The third-order valence-corrected chi connectivity index (χ3v) is 4.24. The van der Waals surface area contributed by atoms with Crippen molar-refractivity contribution in [3.05, 3.63) is 47.4 Å². The molecule has 1 aromatic carbocycles. The molecule has 0 saturated carbocycles. The lowest BCUT2D eigenvalue weighted by Crippen LogP contribution is -2.19. The zero-order chi connectivity index (χ0) is 14.4. The highest BCUT2D eigenvalue weighted by molar-refractivity contribution is 7.99. The fourth-order valence-electron chi connectivity index (χ4n) is 1.75. The SMILES string of the molecule is CC(C)CNCc1cccc(Cl)c1Sc1ccncn1. The highest BCUT2D eigenvalue weighted by Crippen LogP contribution is 2.34. The maximum Gasteiger partial charge on any atom is 0.116 e. The number of hydrogen-bond donors (Lipinski definition) is 1. The van der Waals surface area contributed by atoms with E-state index in [4.69, 9.17) is 11.6 Å². The Hall–Kier alpha value is -1.10. The zero-order valence-electron chi connectivity index (χ0n) is 11.6. The Morgan fingerprint density at radius 2 is 2.15 bits per heavy atom. The Morgan fingerprint density at radius 1 is 1.30 bits per heavy atom. The molecule has 0 radical (unpaired) electrons. The predicted octanol–water partition coefficient (Wildman–Crippen LogP) is 4.03. The average molecular weight is 308 g/mol. The monoisotopic (exact) mass is 307 g/mol. The number of halogens is 1. The topological polar surface area (TPSA) is 37.8 Å². The minimum Gasteiger partial charge on any atom is -0.312 e. The van der Waals surface area contributed by atoms with Gasteiger partial charge in [-0.05, 0) is 30.2 Å². The summed E-state index contributed by atoms with van der Waals surface area (Å²) in [5.74, 6) is 0.632. The summed E-state index contributed by atoms with van der Waals surface area (Å²) in [4.78, 5) is 9.23. The van der Waals surface area contributed by atoms with E-state index in [2.05, 4.69) is 35.2 Å². The summed E-state index contributed by atoms with van der Waals surface area (Å²) in [5.41, 5.74) is 1.20. The van der Waals surface area contributed by atoms with Crippen molar-refractivity contribution in [1.82, 2.24) is 15.3 Å². The molecule has 2 rings (SSSR count). The number of nitrogens with zero attached hydrogens (tertiary/aromatic N) is 2. The highest BCUT2D eigenvalue weighted by Gasteiger charge is 2.09. The normalized spacial score (nSPS) is 11.0. The second-order valence-corrected chi connectivity index (χ2v) is 6.34. The quantitative estimate of drug-likeness (QED) is 0.818. The Morgan fingerprint density at radius 3 is 2.85 bits per heavy atom. The fraction of sp³-hybridized carbons (Fsp3) is 0.333. The van der Waals surface area contributed by atoms with Crippen LogP contribution in [-0.2, 0) is 6.54 Å². The van der Waals surface area contributed by atoms with Crippen molar-refractivity contribution in [1.29, 1.82) is 0 Å². The molecule has 1 aromatic heterocycles. The lowest BCUT2D eigenvalue weighted by atomic mass is 10.2. The summed E-state index contributed by atoms with van der Waals surface area (Å²) < 4.78 is 0. The van der Waals surface area contributed by atoms with E-state index in [0.29, 0.717) is 5.92 Å². The van der Waals surface area contributed by atoms with Gasteiger partial charge in [0.1, 0.15) is 11.4 Å². The molecule has 0 aliphatic heterocycles. The first-order valence-electron chi connectivity index (χ1n) is 6.59. The van der Waals surface area contributed by atoms with Crippen molar-refractivity contribution < 1.29 is 0 Å². The predicted molar refractivity (Wildman–Crippen MR) is 84.2 cm³/mol. The Labute approximate surface area is 129 Å². The Kier molecular flexibility index (Phi) is 5.83. The lowest BCUT2D eigenvalue weighted by molar-refractivity contribution is 0.550. The maximum atomic E-state index is 6.33. The van der Waals surface area contributed by atoms with Gasteiger partial charge in [0, 0.05) is 17.6 Å². The molecule has 0 fully saturated rings. The summed E-state index contributed by atoms with van der Waals surface area (Å²) in [6, 6.07) is 7.89. The molecule has 106 valence electrons. The third kappa shape index (κ3) is 4.47. The number of benzene rings is 1. The summed E-state index contributed by atoms with van der Waals surface area (Å²) in [5, 5.41) is 5.11. The van der Waals surface area contributed by atoms with Crippen molar-refractivity contribution >= 4 is 23.4 Å². The largest absolute Gasteiger partial charge is 0.312 e. The second kappa shape index (κ2) is 7.62. The van der Waals surface area contributed by atoms with E-state index in [1.165, 1.54) is 5.56 Å². The van der Waals surface area contributed by atoms with Crippen LogP contribution in [-0.4, -0.2) is 16.5 Å². The smallest absolute Gasteiger partial charge is 0.116 e. The maximum absolute atomic E-state index is 6.33. The molecule has 0 aliphatic carbocycles. The summed E-state index contributed by atoms with van der Waals surface area (Å²) in [7, 11) is 0. The number of rotatable bonds is 6. The first-order valence-corrected chi connectivity index (χ1v) is 7.78. The van der Waals surface area contributed by atoms with E-state index >= 15 is 0 Å². The molecule has 20 heavy (non-hydrogen) atoms. The van der Waals surface area contributed by atoms with E-state index in [0.717, 1.165) is 28.0 Å². The molecular formula is C15H18ClN3S. The van der Waals surface area contributed by atoms with E-state index < -0.39 is 0 Å². The van der Waals surface area contributed by atoms with Crippen LogP contribution >= 0.6 is 23.4 Å². The summed E-state index contributed by atoms with van der Waals surface area (Å²) in [6.07, 6.45) is 3.29. The molecule has 0 spiro atoms. The van der Waals surface area contributed by atoms with Gasteiger partial charge < -0.3 is 5.32 Å². The van der Waals surface area contributed by atoms with Gasteiger partial charge in [-0.15, -0.1) is 0 Å². The number of aromatic nitrogens is 2. The first-order chi connectivity index (χ1) is 9.66. The van der Waals surface area contributed by atoms with Crippen LogP contribution in [0, 0.1) is 5.92 Å². The van der Waals surface area contributed by atoms with E-state index in [1.807, 2.05) is 18.2 Å². The van der Waals surface area contributed by atoms with Gasteiger partial charge in [-0.1, -0.05) is 49.3 Å². The van der Waals surface area contributed by atoms with Crippen LogP contribution < -0.4 is 5.32 Å². The van der Waals surface area contributed by atoms with Gasteiger partial charge in [-0.25, -0.2) is 9.97 Å². The standard InChI is InChI=1S/C15H18ClN3S/c1-11(2)8-18-9-12-4-3-5-13(16)15(12)20-14-6-7-17-10-19-14/h3-7,10-11,18H,8-9H2,1-2H3. The second-order valence-electron chi connectivity index (χ2n) is 4.90. The molecule has 0 atom stereocenters. The molecule has 0 saturated heterocycles. The van der Waals surface area contributed by atoms with Gasteiger partial charge >= 0.3 is 0 Å². The van der Waals surface area contributed by atoms with Gasteiger partial charge in [-0.2, -0.15) is 0 Å². The van der Waals surface area contributed by atoms with Crippen molar-refractivity contribution in [3.8, 4) is 0 Å². The van der Waals surface area contributed by atoms with Crippen molar-refractivity contribution in [2.24, 2.45) is 5.92 Å². The van der Waals surface area contributed by atoms with Crippen molar-refractivity contribution in [3.63, 3.8) is 0 Å². The average Bonchev–Trinajstić information content (AvgIpc) is 2.43. The fourth-order valence-corrected chi connectivity index (χ4v) is 2.93. The van der Waals surface area contributed by atoms with Crippen LogP contribution in [0.2, 0.25) is 5.02 Å². The van der Waals surface area contributed by atoms with Crippen LogP contribution in [0.25, 0.3) is 0 Å². The number of hydrogen-bond acceptors (Lipinski definition) is 4. The van der Waals surface area contributed by atoms with E-state index in [1.54, 1.807) is 24.3 Å². The minimum atomic E-state index is 0.632. The van der Waals surface area contributed by atoms with Crippen molar-refractivity contribution in [2.75, 3.05) is 6.54 Å². The van der Waals surface area contributed by atoms with Crippen LogP contribution in [0.4, 0.5) is 0 Å². The Bertz CT molecular complexity index is 546. The van der Waals surface area contributed by atoms with Crippen LogP contribution in [0.1, 0.15) is 19.4 Å². The van der Waals surface area contributed by atoms with Gasteiger partial charge in [0.2, 0.25) is 0 Å². The summed E-state index contributed by atoms with van der Waals surface area (Å²) in [6.45, 7) is 6.19. The van der Waals surface area contributed by atoms with Crippen LogP contribution in [0.3, 0.4) is 0 Å². The highest BCUT2D eigenvalue weighted by atomic mass is 35.5. The third-order valence-electron chi connectivity index (χ3n) is 2.68. The van der Waals surface area contributed by atoms with E-state index in [9.17, 15) is 0 Å². The molecule has 0 bridgehead atoms. The molecule has 1 heterocycles. The van der Waals surface area contributed by atoms with Crippen molar-refractivity contribution in [2.45, 2.75) is 30.3 Å². The van der Waals surface area contributed by atoms with Crippen LogP contribution in [0.15, 0.2) is 46.7 Å². The van der Waals surface area contributed by atoms with E-state index in [-0.39, 0.29) is 0 Å². The molecule has 3 nitrogen and oxygen atoms in total. The molecule has 0 amide bonds. The van der Waals surface area contributed by atoms with Gasteiger partial charge in [0.25, 0.3) is 0 Å². The molecule has 1 N–H and O–H groups in total. The molecular weight excluding hydrogens is 290 g/mol. The molecule has 0 aliphatic rings. The van der Waals surface area contributed by atoms with Crippen LogP contribution in [0.5, 0.6) is 0 Å².